The van der Waals surface area contributed by atoms with E-state index in [2.05, 4.69) is 18.8 Å². The number of hydrogen-bond donors (Lipinski definition) is 0. The summed E-state index contributed by atoms with van der Waals surface area (Å²) in [5.74, 6) is 0.235. The number of esters is 1. The first kappa shape index (κ1) is 13.7. The average molecular weight is 238 g/mol. The molecule has 0 saturated carbocycles. The van der Waals surface area contributed by atoms with Gasteiger partial charge in [0.1, 0.15) is 11.6 Å². The van der Waals surface area contributed by atoms with Gasteiger partial charge in [0.05, 0.1) is 6.33 Å². The minimum absolute atomic E-state index is 0.191. The summed E-state index contributed by atoms with van der Waals surface area (Å²) < 4.78 is 7.25. The van der Waals surface area contributed by atoms with Crippen molar-refractivity contribution < 1.29 is 9.53 Å². The summed E-state index contributed by atoms with van der Waals surface area (Å²) in [5.41, 5.74) is -0.451. The molecule has 0 saturated heterocycles. The molecule has 0 aliphatic heterocycles. The van der Waals surface area contributed by atoms with Crippen LogP contribution >= 0.6 is 0 Å². The van der Waals surface area contributed by atoms with Crippen molar-refractivity contribution in [1.29, 1.82) is 0 Å². The van der Waals surface area contributed by atoms with Crippen LogP contribution in [-0.4, -0.2) is 21.1 Å². The average Bonchev–Trinajstić information content (AvgIpc) is 2.63. The quantitative estimate of drug-likeness (QED) is 0.758. The van der Waals surface area contributed by atoms with Gasteiger partial charge in [-0.3, -0.25) is 0 Å². The molecule has 0 bridgehead atoms. The van der Waals surface area contributed by atoms with Gasteiger partial charge in [0.2, 0.25) is 0 Å². The van der Waals surface area contributed by atoms with E-state index in [1.54, 1.807) is 18.7 Å². The number of hydrogen-bond acceptors (Lipinski definition) is 3. The number of ether oxygens (including phenoxy) is 1. The zero-order valence-electron chi connectivity index (χ0n) is 11.3. The molecule has 0 aromatic carbocycles. The Balaban J connectivity index is 2.80. The van der Waals surface area contributed by atoms with Crippen LogP contribution < -0.4 is 0 Å². The Morgan fingerprint density at radius 1 is 1.41 bits per heavy atom. The lowest BCUT2D eigenvalue weighted by atomic mass is 10.0. The molecule has 0 radical (unpaired) electrons. The minimum Gasteiger partial charge on any atom is -0.458 e. The predicted octanol–water partition coefficient (Wildman–Crippen LogP) is 2.81. The zero-order valence-corrected chi connectivity index (χ0v) is 11.3. The van der Waals surface area contributed by atoms with E-state index < -0.39 is 5.60 Å². The highest BCUT2D eigenvalue weighted by atomic mass is 16.6. The third-order valence-corrected chi connectivity index (χ3v) is 2.26. The van der Waals surface area contributed by atoms with E-state index in [0.717, 1.165) is 6.42 Å². The Morgan fingerprint density at radius 2 is 2.06 bits per heavy atom. The van der Waals surface area contributed by atoms with Crippen molar-refractivity contribution in [2.75, 3.05) is 0 Å². The van der Waals surface area contributed by atoms with E-state index in [1.807, 2.05) is 25.3 Å². The summed E-state index contributed by atoms with van der Waals surface area (Å²) in [6.45, 7) is 9.82. The lowest BCUT2D eigenvalue weighted by Crippen LogP contribution is -2.30. The molecule has 0 fully saturated rings. The first-order chi connectivity index (χ1) is 7.79. The van der Waals surface area contributed by atoms with Crippen LogP contribution in [0.1, 0.15) is 47.1 Å². The van der Waals surface area contributed by atoms with Crippen molar-refractivity contribution in [3.05, 3.63) is 18.7 Å². The number of carbonyl (C=O) groups is 1. The minimum atomic E-state index is -0.451. The number of imidazole rings is 1. The summed E-state index contributed by atoms with van der Waals surface area (Å²) in [7, 11) is 0. The second-order valence-electron chi connectivity index (χ2n) is 5.69. The van der Waals surface area contributed by atoms with Crippen LogP contribution in [0.2, 0.25) is 0 Å². The Kier molecular flexibility index (Phi) is 4.32. The molecule has 0 N–H and O–H groups in total. The van der Waals surface area contributed by atoms with Crippen LogP contribution in [0.15, 0.2) is 18.7 Å². The maximum atomic E-state index is 12.1. The lowest BCUT2D eigenvalue weighted by Gasteiger charge is -2.25. The van der Waals surface area contributed by atoms with Gasteiger partial charge in [-0.05, 0) is 33.1 Å². The monoisotopic (exact) mass is 238 g/mol. The zero-order chi connectivity index (χ0) is 13.1. The number of carbonyl (C=O) groups excluding carboxylic acids is 1. The van der Waals surface area contributed by atoms with Gasteiger partial charge < -0.3 is 9.30 Å². The van der Waals surface area contributed by atoms with E-state index in [1.165, 1.54) is 0 Å². The highest BCUT2D eigenvalue weighted by Gasteiger charge is 2.26. The fourth-order valence-corrected chi connectivity index (χ4v) is 1.61. The number of rotatable bonds is 4. The smallest absolute Gasteiger partial charge is 0.329 e. The normalized spacial score (nSPS) is 13.8. The van der Waals surface area contributed by atoms with Crippen LogP contribution in [0.4, 0.5) is 0 Å². The second kappa shape index (κ2) is 5.34. The summed E-state index contributed by atoms with van der Waals surface area (Å²) in [6, 6.07) is -0.281. The Morgan fingerprint density at radius 3 is 2.47 bits per heavy atom. The van der Waals surface area contributed by atoms with Crippen molar-refractivity contribution in [2.24, 2.45) is 5.92 Å². The van der Waals surface area contributed by atoms with Gasteiger partial charge in [0.25, 0.3) is 0 Å². The van der Waals surface area contributed by atoms with Crippen LogP contribution in [0.3, 0.4) is 0 Å². The molecule has 1 atom stereocenters. The van der Waals surface area contributed by atoms with Crippen molar-refractivity contribution in [3.8, 4) is 0 Å². The van der Waals surface area contributed by atoms with Gasteiger partial charge in [-0.1, -0.05) is 13.8 Å². The Labute approximate surface area is 103 Å². The molecule has 0 spiro atoms. The highest BCUT2D eigenvalue weighted by Crippen LogP contribution is 2.21. The molecule has 0 amide bonds. The summed E-state index contributed by atoms with van der Waals surface area (Å²) in [4.78, 5) is 16.1. The first-order valence-corrected chi connectivity index (χ1v) is 6.00. The maximum absolute atomic E-state index is 12.1. The van der Waals surface area contributed by atoms with Gasteiger partial charge in [-0.2, -0.15) is 0 Å². The molecular formula is C13H22N2O2. The molecule has 17 heavy (non-hydrogen) atoms. The molecule has 0 unspecified atom stereocenters. The maximum Gasteiger partial charge on any atom is 0.329 e. The highest BCUT2D eigenvalue weighted by molar-refractivity contribution is 5.74. The first-order valence-electron chi connectivity index (χ1n) is 6.00. The van der Waals surface area contributed by atoms with Gasteiger partial charge >= 0.3 is 5.97 Å². The third kappa shape index (κ3) is 4.59. The molecule has 1 heterocycles. The van der Waals surface area contributed by atoms with Crippen molar-refractivity contribution in [2.45, 2.75) is 52.7 Å². The van der Waals surface area contributed by atoms with E-state index in [0.29, 0.717) is 5.92 Å². The molecule has 4 heteroatoms. The molecule has 1 aromatic heterocycles. The summed E-state index contributed by atoms with van der Waals surface area (Å²) in [6.07, 6.45) is 5.90. The molecule has 1 rings (SSSR count). The van der Waals surface area contributed by atoms with Crippen LogP contribution in [0.25, 0.3) is 0 Å². The van der Waals surface area contributed by atoms with Gasteiger partial charge in [0, 0.05) is 12.4 Å². The molecule has 96 valence electrons. The summed E-state index contributed by atoms with van der Waals surface area (Å²) in [5, 5.41) is 0. The predicted molar refractivity (Wildman–Crippen MR) is 66.6 cm³/mol. The third-order valence-electron chi connectivity index (χ3n) is 2.26. The largest absolute Gasteiger partial charge is 0.458 e. The van der Waals surface area contributed by atoms with Gasteiger partial charge in [-0.25, -0.2) is 9.78 Å². The molecular weight excluding hydrogens is 216 g/mol. The molecule has 0 aliphatic carbocycles. The van der Waals surface area contributed by atoms with Crippen molar-refractivity contribution in [3.63, 3.8) is 0 Å². The second-order valence-corrected chi connectivity index (χ2v) is 5.69. The van der Waals surface area contributed by atoms with E-state index in [4.69, 9.17) is 4.74 Å². The topological polar surface area (TPSA) is 44.1 Å². The molecule has 4 nitrogen and oxygen atoms in total. The Hall–Kier alpha value is -1.32. The standard InChI is InChI=1S/C13H22N2O2/c1-10(2)8-11(15-7-6-14-9-15)12(16)17-13(3,4)5/h6-7,9-11H,8H2,1-5H3/t11-/m1/s1. The van der Waals surface area contributed by atoms with E-state index in [-0.39, 0.29) is 12.0 Å². The van der Waals surface area contributed by atoms with Crippen LogP contribution in [0, 0.1) is 5.92 Å². The SMILES string of the molecule is CC(C)C[C@H](C(=O)OC(C)(C)C)n1ccnc1. The van der Waals surface area contributed by atoms with Crippen molar-refractivity contribution in [1.82, 2.24) is 9.55 Å². The van der Waals surface area contributed by atoms with Crippen molar-refractivity contribution >= 4 is 5.97 Å². The number of nitrogens with zero attached hydrogens (tertiary/aromatic N) is 2. The van der Waals surface area contributed by atoms with E-state index >= 15 is 0 Å². The van der Waals surface area contributed by atoms with Gasteiger partial charge in [0.15, 0.2) is 0 Å². The molecule has 1 aromatic rings. The Bertz CT molecular complexity index is 350. The van der Waals surface area contributed by atoms with Crippen LogP contribution in [0.5, 0.6) is 0 Å². The lowest BCUT2D eigenvalue weighted by molar-refractivity contribution is -0.159. The van der Waals surface area contributed by atoms with E-state index in [9.17, 15) is 4.79 Å². The summed E-state index contributed by atoms with van der Waals surface area (Å²) >= 11 is 0. The van der Waals surface area contributed by atoms with Gasteiger partial charge in [-0.15, -0.1) is 0 Å². The van der Waals surface area contributed by atoms with Crippen LogP contribution in [-0.2, 0) is 9.53 Å². The number of aromatic nitrogens is 2. The fourth-order valence-electron chi connectivity index (χ4n) is 1.61. The fraction of sp³-hybridized carbons (Fsp3) is 0.692. The molecule has 0 aliphatic rings.